The Hall–Kier alpha value is -2.94. The molecule has 2 amide bonds. The summed E-state index contributed by atoms with van der Waals surface area (Å²) in [5, 5.41) is 3.06. The van der Waals surface area contributed by atoms with E-state index in [0.29, 0.717) is 10.4 Å². The van der Waals surface area contributed by atoms with Crippen LogP contribution in [-0.4, -0.2) is 56.5 Å². The molecular weight excluding hydrogens is 421 g/mol. The maximum absolute atomic E-state index is 13.6. The van der Waals surface area contributed by atoms with Gasteiger partial charge in [0, 0.05) is 25.8 Å². The maximum atomic E-state index is 13.6. The van der Waals surface area contributed by atoms with Crippen molar-refractivity contribution in [1.29, 1.82) is 0 Å². The van der Waals surface area contributed by atoms with E-state index in [-0.39, 0.29) is 40.8 Å². The molecule has 0 aliphatic carbocycles. The van der Waals surface area contributed by atoms with Crippen LogP contribution in [0, 0.1) is 12.7 Å². The van der Waals surface area contributed by atoms with Crippen LogP contribution in [-0.2, 0) is 16.0 Å². The van der Waals surface area contributed by atoms with Crippen LogP contribution in [0.15, 0.2) is 18.2 Å². The molecular formula is C22H26FN3O4S. The van der Waals surface area contributed by atoms with E-state index in [9.17, 15) is 18.8 Å². The molecule has 1 aromatic carbocycles. The number of nitrogens with one attached hydrogen (secondary N) is 1. The average molecular weight is 448 g/mol. The summed E-state index contributed by atoms with van der Waals surface area (Å²) < 4.78 is 18.5. The number of ether oxygens (including phenoxy) is 1. The number of hydrogen-bond donors (Lipinski definition) is 1. The lowest BCUT2D eigenvalue weighted by Crippen LogP contribution is -2.42. The summed E-state index contributed by atoms with van der Waals surface area (Å²) in [6.07, 6.45) is 1.55. The fourth-order valence-electron chi connectivity index (χ4n) is 3.71. The second-order valence-electron chi connectivity index (χ2n) is 7.79. The van der Waals surface area contributed by atoms with E-state index in [1.54, 1.807) is 27.1 Å². The predicted octanol–water partition coefficient (Wildman–Crippen LogP) is 3.46. The molecule has 0 spiro atoms. The van der Waals surface area contributed by atoms with Gasteiger partial charge in [-0.1, -0.05) is 0 Å². The summed E-state index contributed by atoms with van der Waals surface area (Å²) >= 11 is 1.05. The number of anilines is 2. The van der Waals surface area contributed by atoms with E-state index in [1.165, 1.54) is 24.1 Å². The quantitative estimate of drug-likeness (QED) is 0.710. The average Bonchev–Trinajstić information content (AvgIpc) is 3.04. The van der Waals surface area contributed by atoms with Crippen molar-refractivity contribution in [2.75, 3.05) is 38.0 Å². The minimum atomic E-state index is -0.617. The Labute approximate surface area is 184 Å². The first-order chi connectivity index (χ1) is 14.6. The first-order valence-electron chi connectivity index (χ1n) is 9.92. The first-order valence-corrected chi connectivity index (χ1v) is 10.7. The Morgan fingerprint density at radius 3 is 2.68 bits per heavy atom. The molecule has 3 rings (SSSR count). The van der Waals surface area contributed by atoms with Crippen molar-refractivity contribution in [2.24, 2.45) is 0 Å². The van der Waals surface area contributed by atoms with Crippen molar-refractivity contribution in [3.05, 3.63) is 45.6 Å². The summed E-state index contributed by atoms with van der Waals surface area (Å²) in [5.74, 6) is -1.50. The third-order valence-corrected chi connectivity index (χ3v) is 6.61. The number of esters is 1. The van der Waals surface area contributed by atoms with E-state index in [2.05, 4.69) is 5.32 Å². The topological polar surface area (TPSA) is 79.0 Å². The Morgan fingerprint density at radius 1 is 1.32 bits per heavy atom. The van der Waals surface area contributed by atoms with Crippen molar-refractivity contribution < 1.29 is 23.5 Å². The normalized spacial score (nSPS) is 15.3. The van der Waals surface area contributed by atoms with Gasteiger partial charge in [0.1, 0.15) is 10.8 Å². The summed E-state index contributed by atoms with van der Waals surface area (Å²) in [6, 6.07) is 4.68. The number of fused-ring (bicyclic) bond motifs is 1. The molecule has 0 radical (unpaired) electrons. The number of rotatable bonds is 5. The highest BCUT2D eigenvalue weighted by Gasteiger charge is 2.29. The highest BCUT2D eigenvalue weighted by molar-refractivity contribution is 7.18. The second-order valence-corrected chi connectivity index (χ2v) is 8.81. The van der Waals surface area contributed by atoms with Gasteiger partial charge in [0.15, 0.2) is 0 Å². The zero-order valence-electron chi connectivity index (χ0n) is 18.2. The SMILES string of the molecule is COC(=O)c1c(NC(=O)CN2c3ccc(F)cc3CCC2C)sc(C(=O)N(C)C)c1C. The lowest BCUT2D eigenvalue weighted by atomic mass is 9.96. The fraction of sp³-hybridized carbons (Fsp3) is 0.409. The Kier molecular flexibility index (Phi) is 6.64. The number of methoxy groups -OCH3 is 1. The van der Waals surface area contributed by atoms with Gasteiger partial charge < -0.3 is 19.9 Å². The summed E-state index contributed by atoms with van der Waals surface area (Å²) in [4.78, 5) is 41.5. The lowest BCUT2D eigenvalue weighted by molar-refractivity contribution is -0.115. The molecule has 1 aliphatic rings. The summed E-state index contributed by atoms with van der Waals surface area (Å²) in [7, 11) is 4.50. The number of carbonyl (C=O) groups excluding carboxylic acids is 3. The number of aryl methyl sites for hydroxylation is 1. The largest absolute Gasteiger partial charge is 0.465 e. The van der Waals surface area contributed by atoms with Crippen molar-refractivity contribution >= 4 is 39.8 Å². The molecule has 2 heterocycles. The Bertz CT molecular complexity index is 1030. The minimum Gasteiger partial charge on any atom is -0.465 e. The Balaban J connectivity index is 1.88. The monoisotopic (exact) mass is 447 g/mol. The molecule has 0 saturated carbocycles. The van der Waals surface area contributed by atoms with Gasteiger partial charge in [0.05, 0.1) is 24.1 Å². The van der Waals surface area contributed by atoms with Crippen LogP contribution in [0.2, 0.25) is 0 Å². The zero-order chi connectivity index (χ0) is 22.9. The number of nitrogens with zero attached hydrogens (tertiary/aromatic N) is 2. The van der Waals surface area contributed by atoms with Crippen LogP contribution < -0.4 is 10.2 Å². The van der Waals surface area contributed by atoms with E-state index in [0.717, 1.165) is 35.4 Å². The van der Waals surface area contributed by atoms with Gasteiger partial charge in [-0.25, -0.2) is 9.18 Å². The number of thiophene rings is 1. The molecule has 0 fully saturated rings. The smallest absolute Gasteiger partial charge is 0.341 e. The van der Waals surface area contributed by atoms with Gasteiger partial charge in [-0.3, -0.25) is 9.59 Å². The highest BCUT2D eigenvalue weighted by Crippen LogP contribution is 2.35. The van der Waals surface area contributed by atoms with Crippen molar-refractivity contribution in [1.82, 2.24) is 4.90 Å². The van der Waals surface area contributed by atoms with Crippen LogP contribution in [0.1, 0.15) is 44.5 Å². The molecule has 9 heteroatoms. The number of carbonyl (C=O) groups is 3. The van der Waals surface area contributed by atoms with E-state index < -0.39 is 5.97 Å². The van der Waals surface area contributed by atoms with Gasteiger partial charge >= 0.3 is 5.97 Å². The molecule has 0 saturated heterocycles. The van der Waals surface area contributed by atoms with Crippen LogP contribution >= 0.6 is 11.3 Å². The maximum Gasteiger partial charge on any atom is 0.341 e. The minimum absolute atomic E-state index is 0.0360. The van der Waals surface area contributed by atoms with Gasteiger partial charge in [-0.2, -0.15) is 0 Å². The van der Waals surface area contributed by atoms with Crippen molar-refractivity contribution in [3.63, 3.8) is 0 Å². The summed E-state index contributed by atoms with van der Waals surface area (Å²) in [5.41, 5.74) is 2.35. The lowest BCUT2D eigenvalue weighted by Gasteiger charge is -2.36. The molecule has 1 N–H and O–H groups in total. The molecule has 166 valence electrons. The van der Waals surface area contributed by atoms with Gasteiger partial charge in [-0.15, -0.1) is 11.3 Å². The summed E-state index contributed by atoms with van der Waals surface area (Å²) in [6.45, 7) is 3.71. The highest BCUT2D eigenvalue weighted by atomic mass is 32.1. The standard InChI is InChI=1S/C22H26FN3O4S/c1-12-6-7-14-10-15(23)8-9-16(14)26(12)11-17(27)24-20-18(22(29)30-5)13(2)19(31-20)21(28)25(3)4/h8-10,12H,6-7,11H2,1-5H3,(H,24,27). The fourth-order valence-corrected chi connectivity index (χ4v) is 4.94. The molecule has 1 aliphatic heterocycles. The van der Waals surface area contributed by atoms with E-state index in [1.807, 2.05) is 11.8 Å². The van der Waals surface area contributed by atoms with Crippen molar-refractivity contribution in [3.8, 4) is 0 Å². The van der Waals surface area contributed by atoms with E-state index in [4.69, 9.17) is 4.74 Å². The third-order valence-electron chi connectivity index (χ3n) is 5.42. The molecule has 1 atom stereocenters. The van der Waals surface area contributed by atoms with Crippen LogP contribution in [0.3, 0.4) is 0 Å². The molecule has 1 aromatic heterocycles. The third kappa shape index (κ3) is 4.56. The first kappa shape index (κ1) is 22.7. The molecule has 2 aromatic rings. The van der Waals surface area contributed by atoms with Gasteiger partial charge in [-0.05, 0) is 56.0 Å². The van der Waals surface area contributed by atoms with Crippen molar-refractivity contribution in [2.45, 2.75) is 32.7 Å². The molecule has 7 nitrogen and oxygen atoms in total. The zero-order valence-corrected chi connectivity index (χ0v) is 19.1. The predicted molar refractivity (Wildman–Crippen MR) is 119 cm³/mol. The van der Waals surface area contributed by atoms with Crippen LogP contribution in [0.25, 0.3) is 0 Å². The molecule has 31 heavy (non-hydrogen) atoms. The van der Waals surface area contributed by atoms with Crippen LogP contribution in [0.4, 0.5) is 15.1 Å². The Morgan fingerprint density at radius 2 is 2.03 bits per heavy atom. The molecule has 1 unspecified atom stereocenters. The van der Waals surface area contributed by atoms with Gasteiger partial charge in [0.2, 0.25) is 5.91 Å². The number of amides is 2. The second kappa shape index (κ2) is 9.05. The number of halogens is 1. The van der Waals surface area contributed by atoms with E-state index >= 15 is 0 Å². The number of benzene rings is 1. The number of hydrogen-bond acceptors (Lipinski definition) is 6. The molecule has 0 bridgehead atoms. The van der Waals surface area contributed by atoms with Crippen LogP contribution in [0.5, 0.6) is 0 Å². The van der Waals surface area contributed by atoms with Gasteiger partial charge in [0.25, 0.3) is 5.91 Å².